The molecule has 4 rings (SSSR count). The number of anilines is 1. The number of rotatable bonds is 7. The molecular weight excluding hydrogens is 392 g/mol. The molecule has 3 heterocycles. The maximum atomic E-state index is 12.4. The fraction of sp³-hybridized carbons (Fsp3) is 0.227. The third-order valence-corrected chi connectivity index (χ3v) is 5.11. The van der Waals surface area contributed by atoms with E-state index in [-0.39, 0.29) is 5.91 Å². The van der Waals surface area contributed by atoms with Crippen LogP contribution in [-0.4, -0.2) is 48.8 Å². The summed E-state index contributed by atoms with van der Waals surface area (Å²) in [6.07, 6.45) is 3.54. The highest BCUT2D eigenvalue weighted by molar-refractivity contribution is 5.94. The van der Waals surface area contributed by atoms with E-state index >= 15 is 0 Å². The largest absolute Gasteiger partial charge is 0.367 e. The highest BCUT2D eigenvalue weighted by atomic mass is 16.1. The summed E-state index contributed by atoms with van der Waals surface area (Å²) in [6, 6.07) is 12.9. The van der Waals surface area contributed by atoms with Crippen LogP contribution in [0.2, 0.25) is 0 Å². The predicted octanol–water partition coefficient (Wildman–Crippen LogP) is 2.62. The van der Waals surface area contributed by atoms with Gasteiger partial charge in [-0.15, -0.1) is 10.2 Å². The first kappa shape index (κ1) is 20.3. The SMILES string of the molecule is Cc1nn(-c2ccc(NCCNC(=O)c3cccc(-n4cccn4)c3)nn2)c(C)c1C. The summed E-state index contributed by atoms with van der Waals surface area (Å²) < 4.78 is 3.51. The predicted molar refractivity (Wildman–Crippen MR) is 118 cm³/mol. The summed E-state index contributed by atoms with van der Waals surface area (Å²) in [5.41, 5.74) is 4.59. The van der Waals surface area contributed by atoms with E-state index in [1.807, 2.05) is 57.3 Å². The number of nitrogens with one attached hydrogen (secondary N) is 2. The Hall–Kier alpha value is -4.01. The van der Waals surface area contributed by atoms with Crippen molar-refractivity contribution in [2.45, 2.75) is 20.8 Å². The van der Waals surface area contributed by atoms with Gasteiger partial charge in [0.2, 0.25) is 0 Å². The Kier molecular flexibility index (Phi) is 5.74. The van der Waals surface area contributed by atoms with E-state index in [4.69, 9.17) is 0 Å². The average Bonchev–Trinajstić information content (AvgIpc) is 3.42. The van der Waals surface area contributed by atoms with Gasteiger partial charge >= 0.3 is 0 Å². The van der Waals surface area contributed by atoms with Crippen molar-refractivity contribution in [3.63, 3.8) is 0 Å². The topological polar surface area (TPSA) is 103 Å². The zero-order valence-corrected chi connectivity index (χ0v) is 17.7. The summed E-state index contributed by atoms with van der Waals surface area (Å²) >= 11 is 0. The molecule has 1 aromatic carbocycles. The molecular formula is C22H24N8O. The van der Waals surface area contributed by atoms with Crippen LogP contribution in [0.5, 0.6) is 0 Å². The third-order valence-electron chi connectivity index (χ3n) is 5.11. The highest BCUT2D eigenvalue weighted by Gasteiger charge is 2.10. The van der Waals surface area contributed by atoms with Crippen LogP contribution in [0.3, 0.4) is 0 Å². The van der Waals surface area contributed by atoms with E-state index in [9.17, 15) is 4.79 Å². The Morgan fingerprint density at radius 3 is 2.58 bits per heavy atom. The van der Waals surface area contributed by atoms with Crippen molar-refractivity contribution in [3.8, 4) is 11.5 Å². The molecule has 31 heavy (non-hydrogen) atoms. The molecule has 9 nitrogen and oxygen atoms in total. The molecule has 3 aromatic heterocycles. The molecule has 0 aliphatic carbocycles. The van der Waals surface area contributed by atoms with E-state index in [1.54, 1.807) is 27.7 Å². The van der Waals surface area contributed by atoms with Crippen LogP contribution in [0.25, 0.3) is 11.5 Å². The minimum atomic E-state index is -0.142. The molecule has 0 aliphatic heterocycles. The van der Waals surface area contributed by atoms with Crippen molar-refractivity contribution >= 4 is 11.7 Å². The molecule has 0 aliphatic rings. The first-order valence-corrected chi connectivity index (χ1v) is 10.0. The molecule has 0 radical (unpaired) electrons. The second kappa shape index (κ2) is 8.78. The first-order chi connectivity index (χ1) is 15.0. The maximum Gasteiger partial charge on any atom is 0.251 e. The number of carbonyl (C=O) groups is 1. The van der Waals surface area contributed by atoms with Crippen LogP contribution in [0.15, 0.2) is 54.9 Å². The summed E-state index contributed by atoms with van der Waals surface area (Å²) in [7, 11) is 0. The fourth-order valence-corrected chi connectivity index (χ4v) is 3.16. The molecule has 0 fully saturated rings. The minimum absolute atomic E-state index is 0.142. The van der Waals surface area contributed by atoms with Gasteiger partial charge in [-0.1, -0.05) is 6.07 Å². The Labute approximate surface area is 180 Å². The Morgan fingerprint density at radius 1 is 1.03 bits per heavy atom. The van der Waals surface area contributed by atoms with E-state index < -0.39 is 0 Å². The molecule has 4 aromatic rings. The molecule has 0 saturated heterocycles. The van der Waals surface area contributed by atoms with Gasteiger partial charge in [0.25, 0.3) is 5.91 Å². The number of amides is 1. The van der Waals surface area contributed by atoms with E-state index in [0.29, 0.717) is 30.3 Å². The highest BCUT2D eigenvalue weighted by Crippen LogP contribution is 2.15. The normalized spacial score (nSPS) is 10.8. The lowest BCUT2D eigenvalue weighted by Crippen LogP contribution is -2.29. The van der Waals surface area contributed by atoms with Gasteiger partial charge in [-0.3, -0.25) is 4.79 Å². The number of benzene rings is 1. The fourth-order valence-electron chi connectivity index (χ4n) is 3.16. The molecule has 158 valence electrons. The average molecular weight is 416 g/mol. The zero-order chi connectivity index (χ0) is 21.8. The smallest absolute Gasteiger partial charge is 0.251 e. The molecule has 0 bridgehead atoms. The minimum Gasteiger partial charge on any atom is -0.367 e. The summed E-state index contributed by atoms with van der Waals surface area (Å²) in [5, 5.41) is 23.2. The van der Waals surface area contributed by atoms with Gasteiger partial charge in [-0.2, -0.15) is 10.2 Å². The third kappa shape index (κ3) is 4.45. The number of hydrogen-bond acceptors (Lipinski definition) is 6. The van der Waals surface area contributed by atoms with Gasteiger partial charge in [-0.25, -0.2) is 9.36 Å². The molecule has 0 unspecified atom stereocenters. The van der Waals surface area contributed by atoms with Crippen molar-refractivity contribution in [2.24, 2.45) is 0 Å². The molecule has 0 saturated carbocycles. The number of hydrogen-bond donors (Lipinski definition) is 2. The van der Waals surface area contributed by atoms with Gasteiger partial charge in [0.05, 0.1) is 11.4 Å². The lowest BCUT2D eigenvalue weighted by Gasteiger charge is -2.09. The summed E-state index contributed by atoms with van der Waals surface area (Å²) in [6.45, 7) is 7.00. The number of aromatic nitrogens is 6. The van der Waals surface area contributed by atoms with Gasteiger partial charge in [-0.05, 0) is 62.7 Å². The standard InChI is InChI=1S/C22H24N8O/c1-15-16(2)28-30(17(15)3)21-9-8-20(26-27-21)23-11-12-24-22(31)18-6-4-7-19(14-18)29-13-5-10-25-29/h4-10,13-14H,11-12H2,1-3H3,(H,23,26)(H,24,31). The lowest BCUT2D eigenvalue weighted by molar-refractivity contribution is 0.0955. The Morgan fingerprint density at radius 2 is 1.90 bits per heavy atom. The Bertz CT molecular complexity index is 1180. The maximum absolute atomic E-state index is 12.4. The first-order valence-electron chi connectivity index (χ1n) is 10.0. The molecule has 2 N–H and O–H groups in total. The van der Waals surface area contributed by atoms with Crippen molar-refractivity contribution in [3.05, 3.63) is 77.4 Å². The second-order valence-electron chi connectivity index (χ2n) is 7.17. The van der Waals surface area contributed by atoms with E-state index in [1.165, 1.54) is 0 Å². The summed E-state index contributed by atoms with van der Waals surface area (Å²) in [4.78, 5) is 12.4. The van der Waals surface area contributed by atoms with Crippen LogP contribution in [0.1, 0.15) is 27.3 Å². The van der Waals surface area contributed by atoms with Crippen LogP contribution in [0.4, 0.5) is 5.82 Å². The molecule has 0 atom stereocenters. The van der Waals surface area contributed by atoms with Crippen molar-refractivity contribution in [2.75, 3.05) is 18.4 Å². The number of nitrogens with zero attached hydrogens (tertiary/aromatic N) is 6. The van der Waals surface area contributed by atoms with Gasteiger partial charge in [0.1, 0.15) is 5.82 Å². The molecule has 0 spiro atoms. The molecule has 1 amide bonds. The van der Waals surface area contributed by atoms with Crippen molar-refractivity contribution < 1.29 is 4.79 Å². The number of carbonyl (C=O) groups excluding carboxylic acids is 1. The van der Waals surface area contributed by atoms with Crippen molar-refractivity contribution in [1.29, 1.82) is 0 Å². The van der Waals surface area contributed by atoms with E-state index in [2.05, 4.69) is 31.0 Å². The quantitative estimate of drug-likeness (QED) is 0.449. The van der Waals surface area contributed by atoms with Crippen molar-refractivity contribution in [1.82, 2.24) is 35.1 Å². The number of aryl methyl sites for hydroxylation is 1. The van der Waals surface area contributed by atoms with Crippen LogP contribution < -0.4 is 10.6 Å². The van der Waals surface area contributed by atoms with E-state index in [0.717, 1.165) is 22.6 Å². The second-order valence-corrected chi connectivity index (χ2v) is 7.17. The summed E-state index contributed by atoms with van der Waals surface area (Å²) in [5.74, 6) is 1.17. The van der Waals surface area contributed by atoms with Gasteiger partial charge in [0.15, 0.2) is 5.82 Å². The lowest BCUT2D eigenvalue weighted by atomic mass is 10.2. The molecule has 9 heteroatoms. The van der Waals surface area contributed by atoms with Gasteiger partial charge in [0, 0.05) is 36.7 Å². The monoisotopic (exact) mass is 416 g/mol. The van der Waals surface area contributed by atoms with Crippen LogP contribution >= 0.6 is 0 Å². The van der Waals surface area contributed by atoms with Crippen LogP contribution in [-0.2, 0) is 0 Å². The van der Waals surface area contributed by atoms with Crippen LogP contribution in [0, 0.1) is 20.8 Å². The van der Waals surface area contributed by atoms with Gasteiger partial charge < -0.3 is 10.6 Å². The zero-order valence-electron chi connectivity index (χ0n) is 17.7. The Balaban J connectivity index is 1.29.